The number of benzene rings is 2. The number of anilines is 1. The highest BCUT2D eigenvalue weighted by Crippen LogP contribution is 2.25. The number of carbonyl (C=O) groups is 1. The van der Waals surface area contributed by atoms with Crippen LogP contribution in [0, 0.1) is 10.5 Å². The van der Waals surface area contributed by atoms with E-state index in [1.807, 2.05) is 13.0 Å². The van der Waals surface area contributed by atoms with Gasteiger partial charge in [0.05, 0.1) is 10.6 Å². The van der Waals surface area contributed by atoms with Gasteiger partial charge in [0, 0.05) is 14.3 Å². The van der Waals surface area contributed by atoms with E-state index in [4.69, 9.17) is 23.2 Å². The van der Waals surface area contributed by atoms with Gasteiger partial charge >= 0.3 is 0 Å². The molecule has 98 valence electrons. The zero-order chi connectivity index (χ0) is 14.0. The molecule has 0 radical (unpaired) electrons. The molecule has 0 aliphatic heterocycles. The molecule has 0 aliphatic carbocycles. The Hall–Kier alpha value is -0.780. The summed E-state index contributed by atoms with van der Waals surface area (Å²) in [6, 6.07) is 10.7. The van der Waals surface area contributed by atoms with Gasteiger partial charge < -0.3 is 5.32 Å². The Morgan fingerprint density at radius 3 is 2.63 bits per heavy atom. The monoisotopic (exact) mass is 405 g/mol. The predicted molar refractivity (Wildman–Crippen MR) is 88.3 cm³/mol. The quantitative estimate of drug-likeness (QED) is 0.687. The lowest BCUT2D eigenvalue weighted by molar-refractivity contribution is 0.102. The second kappa shape index (κ2) is 6.11. The maximum Gasteiger partial charge on any atom is 0.257 e. The minimum absolute atomic E-state index is 0.242. The topological polar surface area (TPSA) is 29.1 Å². The average Bonchev–Trinajstić information content (AvgIpc) is 2.38. The number of amides is 1. The van der Waals surface area contributed by atoms with Gasteiger partial charge in [0.15, 0.2) is 0 Å². The zero-order valence-electron chi connectivity index (χ0n) is 10.0. The summed E-state index contributed by atoms with van der Waals surface area (Å²) in [5, 5.41) is 3.87. The van der Waals surface area contributed by atoms with Gasteiger partial charge in [-0.05, 0) is 65.4 Å². The van der Waals surface area contributed by atoms with Gasteiger partial charge in [-0.3, -0.25) is 4.79 Å². The Balaban J connectivity index is 2.31. The van der Waals surface area contributed by atoms with Gasteiger partial charge in [-0.25, -0.2) is 0 Å². The molecule has 19 heavy (non-hydrogen) atoms. The van der Waals surface area contributed by atoms with Gasteiger partial charge in [-0.2, -0.15) is 0 Å². The first kappa shape index (κ1) is 14.6. The van der Waals surface area contributed by atoms with E-state index >= 15 is 0 Å². The van der Waals surface area contributed by atoms with Crippen molar-refractivity contribution in [3.05, 3.63) is 61.1 Å². The SMILES string of the molecule is Cc1c(Cl)cccc1NC(=O)c1cc(I)ccc1Cl. The molecule has 2 nitrogen and oxygen atoms in total. The van der Waals surface area contributed by atoms with E-state index in [-0.39, 0.29) is 5.91 Å². The van der Waals surface area contributed by atoms with Crippen LogP contribution in [-0.2, 0) is 0 Å². The van der Waals surface area contributed by atoms with E-state index in [1.165, 1.54) is 0 Å². The van der Waals surface area contributed by atoms with Crippen LogP contribution >= 0.6 is 45.8 Å². The molecule has 0 atom stereocenters. The predicted octanol–water partition coefficient (Wildman–Crippen LogP) is 5.16. The van der Waals surface area contributed by atoms with Crippen molar-refractivity contribution < 1.29 is 4.79 Å². The van der Waals surface area contributed by atoms with Gasteiger partial charge in [0.1, 0.15) is 0 Å². The van der Waals surface area contributed by atoms with Crippen molar-refractivity contribution >= 4 is 57.4 Å². The summed E-state index contributed by atoms with van der Waals surface area (Å²) in [6.45, 7) is 1.86. The molecule has 0 spiro atoms. The fraction of sp³-hybridized carbons (Fsp3) is 0.0714. The number of carbonyl (C=O) groups excluding carboxylic acids is 1. The first-order chi connectivity index (χ1) is 8.99. The number of hydrogen-bond donors (Lipinski definition) is 1. The molecular weight excluding hydrogens is 396 g/mol. The van der Waals surface area contributed by atoms with E-state index in [1.54, 1.807) is 30.3 Å². The van der Waals surface area contributed by atoms with E-state index in [0.29, 0.717) is 21.3 Å². The van der Waals surface area contributed by atoms with Crippen LogP contribution in [0.5, 0.6) is 0 Å². The molecule has 0 aromatic heterocycles. The van der Waals surface area contributed by atoms with Crippen LogP contribution < -0.4 is 5.32 Å². The number of halogens is 3. The smallest absolute Gasteiger partial charge is 0.257 e. The Bertz CT molecular complexity index is 643. The van der Waals surface area contributed by atoms with E-state index < -0.39 is 0 Å². The first-order valence-corrected chi connectivity index (χ1v) is 7.34. The third kappa shape index (κ3) is 3.41. The lowest BCUT2D eigenvalue weighted by atomic mass is 10.1. The largest absolute Gasteiger partial charge is 0.322 e. The Kier molecular flexibility index (Phi) is 4.71. The average molecular weight is 406 g/mol. The van der Waals surface area contributed by atoms with Crippen LogP contribution in [0.4, 0.5) is 5.69 Å². The molecule has 0 bridgehead atoms. The second-order valence-electron chi connectivity index (χ2n) is 3.99. The van der Waals surface area contributed by atoms with Gasteiger partial charge in [0.2, 0.25) is 0 Å². The standard InChI is InChI=1S/C14H10Cl2INO/c1-8-11(15)3-2-4-13(8)18-14(19)10-7-9(17)5-6-12(10)16/h2-7H,1H3,(H,18,19). The molecule has 2 rings (SSSR count). The minimum Gasteiger partial charge on any atom is -0.322 e. The Morgan fingerprint density at radius 1 is 1.16 bits per heavy atom. The molecule has 0 aliphatic rings. The van der Waals surface area contributed by atoms with Gasteiger partial charge in [-0.1, -0.05) is 29.3 Å². The zero-order valence-corrected chi connectivity index (χ0v) is 13.7. The maximum absolute atomic E-state index is 12.2. The van der Waals surface area contributed by atoms with Crippen LogP contribution in [0.1, 0.15) is 15.9 Å². The molecule has 0 fully saturated rings. The number of hydrogen-bond acceptors (Lipinski definition) is 1. The van der Waals surface area contributed by atoms with E-state index in [2.05, 4.69) is 27.9 Å². The third-order valence-electron chi connectivity index (χ3n) is 2.69. The molecule has 2 aromatic rings. The fourth-order valence-corrected chi connectivity index (χ4v) is 2.47. The Labute approximate surface area is 135 Å². The highest BCUT2D eigenvalue weighted by atomic mass is 127. The van der Waals surface area contributed by atoms with Crippen LogP contribution in [0.2, 0.25) is 10.0 Å². The summed E-state index contributed by atoms with van der Waals surface area (Å²) in [5.41, 5.74) is 1.97. The lowest BCUT2D eigenvalue weighted by Crippen LogP contribution is -2.13. The van der Waals surface area contributed by atoms with Gasteiger partial charge in [0.25, 0.3) is 5.91 Å². The maximum atomic E-state index is 12.2. The summed E-state index contributed by atoms with van der Waals surface area (Å²) in [6.07, 6.45) is 0. The molecule has 0 saturated heterocycles. The molecule has 0 heterocycles. The summed E-state index contributed by atoms with van der Waals surface area (Å²) in [5.74, 6) is -0.242. The highest BCUT2D eigenvalue weighted by molar-refractivity contribution is 14.1. The lowest BCUT2D eigenvalue weighted by Gasteiger charge is -2.10. The van der Waals surface area contributed by atoms with Crippen molar-refractivity contribution in [1.82, 2.24) is 0 Å². The summed E-state index contributed by atoms with van der Waals surface area (Å²) < 4.78 is 0.954. The normalized spacial score (nSPS) is 10.3. The van der Waals surface area contributed by atoms with Crippen molar-refractivity contribution in [2.45, 2.75) is 6.92 Å². The highest BCUT2D eigenvalue weighted by Gasteiger charge is 2.12. The van der Waals surface area contributed by atoms with Crippen molar-refractivity contribution in [2.24, 2.45) is 0 Å². The second-order valence-corrected chi connectivity index (χ2v) is 6.05. The van der Waals surface area contributed by atoms with Crippen LogP contribution in [0.15, 0.2) is 36.4 Å². The molecular formula is C14H10Cl2INO. The molecule has 0 unspecified atom stereocenters. The first-order valence-electron chi connectivity index (χ1n) is 5.50. The molecule has 1 amide bonds. The molecule has 0 saturated carbocycles. The fourth-order valence-electron chi connectivity index (χ4n) is 1.60. The molecule has 1 N–H and O–H groups in total. The van der Waals surface area contributed by atoms with Crippen molar-refractivity contribution in [1.29, 1.82) is 0 Å². The summed E-state index contributed by atoms with van der Waals surface area (Å²) >= 11 is 14.2. The van der Waals surface area contributed by atoms with E-state index in [9.17, 15) is 4.79 Å². The molecule has 2 aromatic carbocycles. The van der Waals surface area contributed by atoms with Gasteiger partial charge in [-0.15, -0.1) is 0 Å². The molecule has 5 heteroatoms. The van der Waals surface area contributed by atoms with Crippen LogP contribution in [0.3, 0.4) is 0 Å². The minimum atomic E-state index is -0.242. The van der Waals surface area contributed by atoms with Crippen molar-refractivity contribution in [3.63, 3.8) is 0 Å². The van der Waals surface area contributed by atoms with Crippen LogP contribution in [0.25, 0.3) is 0 Å². The number of nitrogens with one attached hydrogen (secondary N) is 1. The summed E-state index contributed by atoms with van der Waals surface area (Å²) in [4.78, 5) is 12.2. The van der Waals surface area contributed by atoms with Crippen LogP contribution in [-0.4, -0.2) is 5.91 Å². The van der Waals surface area contributed by atoms with Crippen molar-refractivity contribution in [3.8, 4) is 0 Å². The Morgan fingerprint density at radius 2 is 1.89 bits per heavy atom. The summed E-state index contributed by atoms with van der Waals surface area (Å²) in [7, 11) is 0. The van der Waals surface area contributed by atoms with E-state index in [0.717, 1.165) is 9.13 Å². The number of rotatable bonds is 2. The third-order valence-corrected chi connectivity index (χ3v) is 4.10. The van der Waals surface area contributed by atoms with Crippen molar-refractivity contribution in [2.75, 3.05) is 5.32 Å².